The predicted molar refractivity (Wildman–Crippen MR) is 85.1 cm³/mol. The smallest absolute Gasteiger partial charge is 0.242 e. The second-order valence-electron chi connectivity index (χ2n) is 4.63. The quantitative estimate of drug-likeness (QED) is 0.768. The van der Waals surface area contributed by atoms with Gasteiger partial charge in [0.15, 0.2) is 0 Å². The van der Waals surface area contributed by atoms with E-state index in [1.54, 1.807) is 0 Å². The van der Waals surface area contributed by atoms with Crippen LogP contribution in [0.2, 0.25) is 5.02 Å². The molecule has 18 heavy (non-hydrogen) atoms. The van der Waals surface area contributed by atoms with Gasteiger partial charge >= 0.3 is 0 Å². The first-order valence-electron chi connectivity index (χ1n) is 5.89. The summed E-state index contributed by atoms with van der Waals surface area (Å²) in [7, 11) is 0. The zero-order valence-electron chi connectivity index (χ0n) is 10.8. The Kier molecular flexibility index (Phi) is 6.21. The Morgan fingerprint density at radius 3 is 2.61 bits per heavy atom. The minimum Gasteiger partial charge on any atom is -0.373 e. The van der Waals surface area contributed by atoms with Crippen molar-refractivity contribution in [2.75, 3.05) is 11.9 Å². The number of rotatable bonds is 5. The zero-order chi connectivity index (χ0) is 13.7. The third-order valence-electron chi connectivity index (χ3n) is 2.38. The first kappa shape index (κ1) is 15.6. The van der Waals surface area contributed by atoms with E-state index in [1.807, 2.05) is 25.1 Å². The van der Waals surface area contributed by atoms with Crippen LogP contribution in [0, 0.1) is 9.49 Å². The third kappa shape index (κ3) is 5.02. The van der Waals surface area contributed by atoms with Crippen molar-refractivity contribution in [2.45, 2.75) is 26.8 Å². The molecule has 1 rings (SSSR count). The number of hydrogen-bond acceptors (Lipinski definition) is 2. The summed E-state index contributed by atoms with van der Waals surface area (Å²) in [5, 5.41) is 6.63. The number of carbonyl (C=O) groups excluding carboxylic acids is 1. The average molecular weight is 381 g/mol. The Morgan fingerprint density at radius 2 is 2.06 bits per heavy atom. The van der Waals surface area contributed by atoms with E-state index in [0.29, 0.717) is 17.5 Å². The molecular weight excluding hydrogens is 363 g/mol. The number of benzene rings is 1. The molecule has 0 saturated carbocycles. The first-order chi connectivity index (χ1) is 8.40. The summed E-state index contributed by atoms with van der Waals surface area (Å²) in [4.78, 5) is 11.8. The second kappa shape index (κ2) is 7.19. The van der Waals surface area contributed by atoms with Crippen LogP contribution in [0.3, 0.4) is 0 Å². The van der Waals surface area contributed by atoms with E-state index in [9.17, 15) is 4.79 Å². The van der Waals surface area contributed by atoms with E-state index in [2.05, 4.69) is 47.1 Å². The molecular formula is C13H18ClIN2O. The van der Waals surface area contributed by atoms with Crippen LogP contribution in [-0.4, -0.2) is 18.5 Å². The lowest BCUT2D eigenvalue weighted by Crippen LogP contribution is -2.39. The van der Waals surface area contributed by atoms with Crippen molar-refractivity contribution in [1.82, 2.24) is 5.32 Å². The van der Waals surface area contributed by atoms with Gasteiger partial charge in [0.2, 0.25) is 5.91 Å². The van der Waals surface area contributed by atoms with Crippen molar-refractivity contribution in [3.05, 3.63) is 26.8 Å². The van der Waals surface area contributed by atoms with Gasteiger partial charge in [-0.15, -0.1) is 0 Å². The van der Waals surface area contributed by atoms with Crippen LogP contribution >= 0.6 is 34.2 Å². The average Bonchev–Trinajstić information content (AvgIpc) is 2.29. The molecule has 1 unspecified atom stereocenters. The summed E-state index contributed by atoms with van der Waals surface area (Å²) in [5.41, 5.74) is 0.782. The van der Waals surface area contributed by atoms with Gasteiger partial charge in [0.1, 0.15) is 6.04 Å². The molecule has 0 aliphatic rings. The lowest BCUT2D eigenvalue weighted by atomic mass is 10.2. The normalized spacial score (nSPS) is 12.3. The molecule has 1 aromatic rings. The maximum absolute atomic E-state index is 11.8. The van der Waals surface area contributed by atoms with Gasteiger partial charge in [0.05, 0.1) is 10.7 Å². The molecule has 5 heteroatoms. The summed E-state index contributed by atoms with van der Waals surface area (Å²) in [6, 6.07) is 5.40. The van der Waals surface area contributed by atoms with E-state index >= 15 is 0 Å². The fraction of sp³-hybridized carbons (Fsp3) is 0.462. The highest BCUT2D eigenvalue weighted by Crippen LogP contribution is 2.24. The fourth-order valence-electron chi connectivity index (χ4n) is 1.36. The Bertz CT molecular complexity index is 423. The van der Waals surface area contributed by atoms with Gasteiger partial charge in [-0.2, -0.15) is 0 Å². The molecule has 1 aromatic carbocycles. The molecule has 3 nitrogen and oxygen atoms in total. The molecule has 0 saturated heterocycles. The standard InChI is InChI=1S/C13H18ClIN2O/c1-8(2)7-16-13(18)9(3)17-12-5-4-10(15)6-11(12)14/h4-6,8-9,17H,7H2,1-3H3,(H,16,18). The van der Waals surface area contributed by atoms with Crippen LogP contribution in [0.15, 0.2) is 18.2 Å². The lowest BCUT2D eigenvalue weighted by Gasteiger charge is -2.17. The van der Waals surface area contributed by atoms with E-state index in [-0.39, 0.29) is 11.9 Å². The topological polar surface area (TPSA) is 41.1 Å². The molecule has 2 N–H and O–H groups in total. The maximum Gasteiger partial charge on any atom is 0.242 e. The van der Waals surface area contributed by atoms with E-state index < -0.39 is 0 Å². The Hall–Kier alpha value is -0.490. The van der Waals surface area contributed by atoms with E-state index in [0.717, 1.165) is 9.26 Å². The highest BCUT2D eigenvalue weighted by Gasteiger charge is 2.13. The molecule has 0 aliphatic heterocycles. The molecule has 100 valence electrons. The molecule has 1 amide bonds. The maximum atomic E-state index is 11.8. The van der Waals surface area contributed by atoms with Gasteiger partial charge < -0.3 is 10.6 Å². The number of nitrogens with one attached hydrogen (secondary N) is 2. The number of carbonyl (C=O) groups is 1. The number of halogens is 2. The van der Waals surface area contributed by atoms with Crippen LogP contribution < -0.4 is 10.6 Å². The molecule has 0 heterocycles. The van der Waals surface area contributed by atoms with Crippen LogP contribution in [-0.2, 0) is 4.79 Å². The van der Waals surface area contributed by atoms with Gasteiger partial charge in [0.25, 0.3) is 0 Å². The molecule has 0 spiro atoms. The molecule has 0 bridgehead atoms. The van der Waals surface area contributed by atoms with Gasteiger partial charge in [-0.25, -0.2) is 0 Å². The Morgan fingerprint density at radius 1 is 1.39 bits per heavy atom. The third-order valence-corrected chi connectivity index (χ3v) is 3.36. The van der Waals surface area contributed by atoms with E-state index in [1.165, 1.54) is 0 Å². The molecule has 0 radical (unpaired) electrons. The van der Waals surface area contributed by atoms with Crippen LogP contribution in [0.25, 0.3) is 0 Å². The second-order valence-corrected chi connectivity index (χ2v) is 6.28. The number of anilines is 1. The van der Waals surface area contributed by atoms with Gasteiger partial charge in [-0.1, -0.05) is 25.4 Å². The molecule has 0 aliphatic carbocycles. The largest absolute Gasteiger partial charge is 0.373 e. The number of hydrogen-bond donors (Lipinski definition) is 2. The Labute approximate surface area is 127 Å². The van der Waals surface area contributed by atoms with Crippen LogP contribution in [0.5, 0.6) is 0 Å². The minimum absolute atomic E-state index is 0.0154. The minimum atomic E-state index is -0.304. The SMILES string of the molecule is CC(C)CNC(=O)C(C)Nc1ccc(I)cc1Cl. The fourth-order valence-corrected chi connectivity index (χ4v) is 2.27. The van der Waals surface area contributed by atoms with Crippen LogP contribution in [0.4, 0.5) is 5.69 Å². The lowest BCUT2D eigenvalue weighted by molar-refractivity contribution is -0.121. The summed E-state index contributed by atoms with van der Waals surface area (Å²) in [5.74, 6) is 0.432. The summed E-state index contributed by atoms with van der Waals surface area (Å²) < 4.78 is 1.07. The van der Waals surface area contributed by atoms with Gasteiger partial charge in [-0.05, 0) is 53.6 Å². The van der Waals surface area contributed by atoms with Gasteiger partial charge in [0, 0.05) is 10.1 Å². The zero-order valence-corrected chi connectivity index (χ0v) is 13.7. The molecule has 1 atom stereocenters. The van der Waals surface area contributed by atoms with Gasteiger partial charge in [-0.3, -0.25) is 4.79 Å². The highest BCUT2D eigenvalue weighted by atomic mass is 127. The molecule has 0 aromatic heterocycles. The van der Waals surface area contributed by atoms with Crippen LogP contribution in [0.1, 0.15) is 20.8 Å². The summed E-state index contributed by atoms with van der Waals surface area (Å²) in [6.45, 7) is 6.64. The van der Waals surface area contributed by atoms with E-state index in [4.69, 9.17) is 11.6 Å². The van der Waals surface area contributed by atoms with Crippen molar-refractivity contribution >= 4 is 45.8 Å². The van der Waals surface area contributed by atoms with Crippen molar-refractivity contribution < 1.29 is 4.79 Å². The van der Waals surface area contributed by atoms with Crippen molar-refractivity contribution in [1.29, 1.82) is 0 Å². The summed E-state index contributed by atoms with van der Waals surface area (Å²) in [6.07, 6.45) is 0. The Balaban J connectivity index is 2.58. The number of amides is 1. The highest BCUT2D eigenvalue weighted by molar-refractivity contribution is 14.1. The van der Waals surface area contributed by atoms with Crippen molar-refractivity contribution in [2.24, 2.45) is 5.92 Å². The summed E-state index contributed by atoms with van der Waals surface area (Å²) >= 11 is 8.31. The molecule has 0 fully saturated rings. The van der Waals surface area contributed by atoms with Crippen molar-refractivity contribution in [3.8, 4) is 0 Å². The first-order valence-corrected chi connectivity index (χ1v) is 7.35. The monoisotopic (exact) mass is 380 g/mol. The predicted octanol–water partition coefficient (Wildman–Crippen LogP) is 3.52. The van der Waals surface area contributed by atoms with Crippen molar-refractivity contribution in [3.63, 3.8) is 0 Å².